The predicted octanol–water partition coefficient (Wildman–Crippen LogP) is 3.22. The number of aryl methyl sites for hydroxylation is 2. The van der Waals surface area contributed by atoms with Crippen molar-refractivity contribution >= 4 is 11.7 Å². The minimum atomic E-state index is -0.394. The highest BCUT2D eigenvalue weighted by Gasteiger charge is 2.60. The van der Waals surface area contributed by atoms with Crippen LogP contribution < -0.4 is 10.1 Å². The zero-order chi connectivity index (χ0) is 21.1. The average Bonchev–Trinajstić information content (AvgIpc) is 3.42. The Labute approximate surface area is 175 Å². The van der Waals surface area contributed by atoms with Gasteiger partial charge in [-0.15, -0.1) is 0 Å². The van der Waals surface area contributed by atoms with Crippen LogP contribution in [0.1, 0.15) is 30.2 Å². The van der Waals surface area contributed by atoms with Crippen LogP contribution in [0.25, 0.3) is 0 Å². The molecule has 1 aliphatic rings. The highest BCUT2D eigenvalue weighted by Crippen LogP contribution is 2.55. The number of hydrogen-bond donors (Lipinski definition) is 1. The quantitative estimate of drug-likeness (QED) is 0.656. The fourth-order valence-corrected chi connectivity index (χ4v) is 3.75. The Kier molecular flexibility index (Phi) is 5.23. The maximum atomic E-state index is 13.0. The van der Waals surface area contributed by atoms with Gasteiger partial charge in [0.1, 0.15) is 18.5 Å². The Morgan fingerprint density at radius 3 is 2.77 bits per heavy atom. The van der Waals surface area contributed by atoms with Crippen LogP contribution >= 0.6 is 0 Å². The van der Waals surface area contributed by atoms with E-state index in [1.165, 1.54) is 6.20 Å². The molecule has 1 N–H and O–H groups in total. The third-order valence-corrected chi connectivity index (χ3v) is 5.61. The molecule has 1 aliphatic carbocycles. The highest BCUT2D eigenvalue weighted by molar-refractivity contribution is 5.95. The summed E-state index contributed by atoms with van der Waals surface area (Å²) in [7, 11) is 1.86. The molecule has 0 spiro atoms. The number of benzene rings is 1. The van der Waals surface area contributed by atoms with Gasteiger partial charge < -0.3 is 10.1 Å². The number of amides is 1. The molecule has 4 rings (SSSR count). The van der Waals surface area contributed by atoms with Crippen molar-refractivity contribution in [2.45, 2.75) is 25.2 Å². The number of aromatic nitrogens is 3. The van der Waals surface area contributed by atoms with E-state index in [0.29, 0.717) is 30.3 Å². The van der Waals surface area contributed by atoms with E-state index in [1.54, 1.807) is 16.8 Å². The maximum Gasteiger partial charge on any atom is 0.229 e. The number of anilines is 1. The Morgan fingerprint density at radius 1 is 1.33 bits per heavy atom. The van der Waals surface area contributed by atoms with Crippen molar-refractivity contribution in [1.29, 1.82) is 5.26 Å². The number of ether oxygens (including phenoxy) is 1. The summed E-state index contributed by atoms with van der Waals surface area (Å²) < 4.78 is 7.86. The Balaban J connectivity index is 1.52. The van der Waals surface area contributed by atoms with Crippen molar-refractivity contribution in [1.82, 2.24) is 14.8 Å². The number of rotatable bonds is 7. The van der Waals surface area contributed by atoms with Gasteiger partial charge in [0.05, 0.1) is 17.2 Å². The molecule has 2 aromatic heterocycles. The van der Waals surface area contributed by atoms with Crippen LogP contribution in [0.2, 0.25) is 0 Å². The first-order valence-corrected chi connectivity index (χ1v) is 9.94. The summed E-state index contributed by atoms with van der Waals surface area (Å²) in [4.78, 5) is 17.1. The third-order valence-electron chi connectivity index (χ3n) is 5.61. The summed E-state index contributed by atoms with van der Waals surface area (Å²) in [5.74, 6) is 0.810. The smallest absolute Gasteiger partial charge is 0.229 e. The molecule has 3 aromatic rings. The third kappa shape index (κ3) is 3.77. The lowest BCUT2D eigenvalue weighted by atomic mass is 9.94. The van der Waals surface area contributed by atoms with Gasteiger partial charge in [-0.2, -0.15) is 10.4 Å². The monoisotopic (exact) mass is 401 g/mol. The van der Waals surface area contributed by atoms with Crippen LogP contribution in [0, 0.1) is 17.2 Å². The van der Waals surface area contributed by atoms with Crippen molar-refractivity contribution in [3.05, 3.63) is 71.5 Å². The normalized spacial score (nSPS) is 19.7. The predicted molar refractivity (Wildman–Crippen MR) is 112 cm³/mol. The van der Waals surface area contributed by atoms with Gasteiger partial charge in [-0.25, -0.2) is 9.67 Å². The largest absolute Gasteiger partial charge is 0.477 e. The van der Waals surface area contributed by atoms with Crippen molar-refractivity contribution in [2.75, 3.05) is 11.9 Å². The number of pyridine rings is 1. The number of carbonyl (C=O) groups is 1. The topological polar surface area (TPSA) is 92.8 Å². The first-order chi connectivity index (χ1) is 14.6. The van der Waals surface area contributed by atoms with Crippen LogP contribution in [-0.4, -0.2) is 27.3 Å². The zero-order valence-electron chi connectivity index (χ0n) is 17.0. The second-order valence-electron chi connectivity index (χ2n) is 7.55. The van der Waals surface area contributed by atoms with Crippen molar-refractivity contribution in [2.24, 2.45) is 13.0 Å². The molecule has 30 heavy (non-hydrogen) atoms. The van der Waals surface area contributed by atoms with Crippen LogP contribution in [0.4, 0.5) is 5.82 Å². The first-order valence-electron chi connectivity index (χ1n) is 9.94. The molecular weight excluding hydrogens is 378 g/mol. The van der Waals surface area contributed by atoms with E-state index in [-0.39, 0.29) is 11.8 Å². The fraction of sp³-hybridized carbons (Fsp3) is 0.304. The molecular formula is C23H23N5O2. The first kappa shape index (κ1) is 19.6. The van der Waals surface area contributed by atoms with Crippen LogP contribution in [0.5, 0.6) is 5.88 Å². The lowest BCUT2D eigenvalue weighted by Gasteiger charge is -2.19. The Morgan fingerprint density at radius 2 is 2.13 bits per heavy atom. The van der Waals surface area contributed by atoms with Gasteiger partial charge in [-0.05, 0) is 30.5 Å². The van der Waals surface area contributed by atoms with Crippen LogP contribution in [-0.2, 0) is 23.7 Å². The number of nitrogens with one attached hydrogen (secondary N) is 1. The van der Waals surface area contributed by atoms with E-state index < -0.39 is 5.41 Å². The molecule has 1 amide bonds. The van der Waals surface area contributed by atoms with Gasteiger partial charge in [-0.3, -0.25) is 4.79 Å². The van der Waals surface area contributed by atoms with Crippen molar-refractivity contribution in [3.8, 4) is 11.9 Å². The molecule has 0 aliphatic heterocycles. The maximum absolute atomic E-state index is 13.0. The summed E-state index contributed by atoms with van der Waals surface area (Å²) in [5.41, 5.74) is 2.11. The molecule has 0 bridgehead atoms. The summed E-state index contributed by atoms with van der Waals surface area (Å²) in [6, 6.07) is 17.2. The van der Waals surface area contributed by atoms with Gasteiger partial charge in [0.15, 0.2) is 0 Å². The van der Waals surface area contributed by atoms with E-state index in [0.717, 1.165) is 17.7 Å². The van der Waals surface area contributed by atoms with Gasteiger partial charge in [0, 0.05) is 24.7 Å². The number of nitriles is 1. The molecule has 1 aromatic carbocycles. The molecule has 7 heteroatoms. The lowest BCUT2D eigenvalue weighted by molar-refractivity contribution is -0.117. The molecule has 2 atom stereocenters. The number of hydrogen-bond acceptors (Lipinski definition) is 5. The average molecular weight is 401 g/mol. The Hall–Kier alpha value is -3.66. The lowest BCUT2D eigenvalue weighted by Crippen LogP contribution is -2.27. The Bertz CT molecular complexity index is 1090. The molecule has 152 valence electrons. The second kappa shape index (κ2) is 7.99. The van der Waals surface area contributed by atoms with Gasteiger partial charge in [0.25, 0.3) is 0 Å². The van der Waals surface area contributed by atoms with Gasteiger partial charge in [0.2, 0.25) is 11.8 Å². The zero-order valence-corrected chi connectivity index (χ0v) is 17.0. The molecule has 2 unspecified atom stereocenters. The van der Waals surface area contributed by atoms with E-state index in [2.05, 4.69) is 22.3 Å². The SMILES string of the molecule is CCc1cc(OCC2(c3ccccc3)CC2C(=O)Nc2ccc(C#N)cn2)n(C)n1. The summed E-state index contributed by atoms with van der Waals surface area (Å²) in [6.07, 6.45) is 2.98. The summed E-state index contributed by atoms with van der Waals surface area (Å²) in [5, 5.41) is 16.2. The fourth-order valence-electron chi connectivity index (χ4n) is 3.75. The van der Waals surface area contributed by atoms with Crippen molar-refractivity contribution in [3.63, 3.8) is 0 Å². The summed E-state index contributed by atoms with van der Waals surface area (Å²) in [6.45, 7) is 2.44. The number of carbonyl (C=O) groups excluding carboxylic acids is 1. The minimum Gasteiger partial charge on any atom is -0.477 e. The molecule has 0 radical (unpaired) electrons. The number of nitrogens with zero attached hydrogens (tertiary/aromatic N) is 4. The standard InChI is InChI=1S/C23H23N5O2/c1-3-18-11-21(28(2)27-18)30-15-23(17-7-5-4-6-8-17)12-19(23)22(29)26-20-10-9-16(13-24)14-25-20/h4-11,14,19H,3,12,15H2,1-2H3,(H,25,26,29). The van der Waals surface area contributed by atoms with E-state index in [9.17, 15) is 4.79 Å². The second-order valence-corrected chi connectivity index (χ2v) is 7.55. The van der Waals surface area contributed by atoms with Gasteiger partial charge >= 0.3 is 0 Å². The molecule has 2 heterocycles. The molecule has 1 saturated carbocycles. The summed E-state index contributed by atoms with van der Waals surface area (Å²) >= 11 is 0. The van der Waals surface area contributed by atoms with Crippen LogP contribution in [0.15, 0.2) is 54.7 Å². The van der Waals surface area contributed by atoms with Crippen molar-refractivity contribution < 1.29 is 9.53 Å². The molecule has 1 fully saturated rings. The molecule has 7 nitrogen and oxygen atoms in total. The molecule has 0 saturated heterocycles. The minimum absolute atomic E-state index is 0.0982. The van der Waals surface area contributed by atoms with E-state index in [4.69, 9.17) is 10.00 Å². The van der Waals surface area contributed by atoms with Crippen LogP contribution in [0.3, 0.4) is 0 Å². The highest BCUT2D eigenvalue weighted by atomic mass is 16.5. The van der Waals surface area contributed by atoms with E-state index >= 15 is 0 Å². The van der Waals surface area contributed by atoms with E-state index in [1.807, 2.05) is 49.5 Å². The van der Waals surface area contributed by atoms with Gasteiger partial charge in [-0.1, -0.05) is 37.3 Å².